The Kier molecular flexibility index (Phi) is 3.65. The van der Waals surface area contributed by atoms with Crippen molar-refractivity contribution in [2.45, 2.75) is 0 Å². The molecule has 1 heterocycles. The average Bonchev–Trinajstić information content (AvgIpc) is 2.89. The molecule has 0 aliphatic heterocycles. The van der Waals surface area contributed by atoms with Crippen LogP contribution >= 0.6 is 11.6 Å². The van der Waals surface area contributed by atoms with Crippen LogP contribution < -0.4 is 5.32 Å². The lowest BCUT2D eigenvalue weighted by Crippen LogP contribution is -2.22. The van der Waals surface area contributed by atoms with Gasteiger partial charge in [-0.3, -0.25) is 9.59 Å². The van der Waals surface area contributed by atoms with Gasteiger partial charge in [0, 0.05) is 27.8 Å². The molecule has 6 heteroatoms. The first-order chi connectivity index (χ1) is 10.5. The fourth-order valence-corrected chi connectivity index (χ4v) is 2.33. The highest BCUT2D eigenvalue weighted by atomic mass is 35.5. The first-order valence-corrected chi connectivity index (χ1v) is 6.80. The number of ketones is 1. The molecule has 2 N–H and O–H groups in total. The number of aromatic amines is 1. The van der Waals surface area contributed by atoms with Gasteiger partial charge >= 0.3 is 0 Å². The number of hydrogen-bond donors (Lipinski definition) is 2. The summed E-state index contributed by atoms with van der Waals surface area (Å²) in [4.78, 5) is 27.1. The van der Waals surface area contributed by atoms with Crippen LogP contribution in [0.3, 0.4) is 0 Å². The van der Waals surface area contributed by atoms with E-state index in [-0.39, 0.29) is 11.3 Å². The van der Waals surface area contributed by atoms with Crippen molar-refractivity contribution in [2.24, 2.45) is 0 Å². The maximum absolute atomic E-state index is 13.1. The van der Waals surface area contributed by atoms with Crippen LogP contribution in [0.5, 0.6) is 0 Å². The maximum atomic E-state index is 13.1. The van der Waals surface area contributed by atoms with Gasteiger partial charge in [-0.2, -0.15) is 0 Å². The summed E-state index contributed by atoms with van der Waals surface area (Å²) in [7, 11) is 0. The smallest absolute Gasteiger partial charge is 0.296 e. The van der Waals surface area contributed by atoms with E-state index in [9.17, 15) is 14.0 Å². The molecule has 1 aromatic heterocycles. The van der Waals surface area contributed by atoms with Crippen LogP contribution in [0.15, 0.2) is 48.7 Å². The Balaban J connectivity index is 1.87. The lowest BCUT2D eigenvalue weighted by atomic mass is 10.1. The molecule has 0 radical (unpaired) electrons. The number of H-pyrrole nitrogens is 1. The predicted octanol–water partition coefficient (Wildman–Crippen LogP) is 3.78. The number of benzene rings is 2. The highest BCUT2D eigenvalue weighted by Gasteiger charge is 2.20. The molecule has 0 spiro atoms. The van der Waals surface area contributed by atoms with Crippen LogP contribution in [0, 0.1) is 5.82 Å². The van der Waals surface area contributed by atoms with E-state index in [2.05, 4.69) is 10.3 Å². The highest BCUT2D eigenvalue weighted by Crippen LogP contribution is 2.22. The molecular formula is C16H10ClFN2O2. The van der Waals surface area contributed by atoms with Crippen LogP contribution in [-0.4, -0.2) is 16.7 Å². The van der Waals surface area contributed by atoms with Crippen LogP contribution in [0.2, 0.25) is 5.02 Å². The summed E-state index contributed by atoms with van der Waals surface area (Å²) in [5.41, 5.74) is 1.12. The van der Waals surface area contributed by atoms with E-state index in [0.29, 0.717) is 15.9 Å². The normalized spacial score (nSPS) is 10.6. The zero-order valence-corrected chi connectivity index (χ0v) is 11.9. The van der Waals surface area contributed by atoms with Crippen LogP contribution in [0.1, 0.15) is 10.4 Å². The summed E-state index contributed by atoms with van der Waals surface area (Å²) in [6.07, 6.45) is 1.45. The number of anilines is 1. The fraction of sp³-hybridized carbons (Fsp3) is 0. The number of amides is 1. The van der Waals surface area contributed by atoms with Crippen molar-refractivity contribution in [2.75, 3.05) is 5.32 Å². The second-order valence-corrected chi connectivity index (χ2v) is 5.12. The number of halogens is 2. The Labute approximate surface area is 129 Å². The van der Waals surface area contributed by atoms with Crippen LogP contribution in [-0.2, 0) is 4.79 Å². The minimum Gasteiger partial charge on any atom is -0.360 e. The van der Waals surface area contributed by atoms with Gasteiger partial charge in [-0.25, -0.2) is 4.39 Å². The third kappa shape index (κ3) is 2.71. The van der Waals surface area contributed by atoms with Gasteiger partial charge in [0.05, 0.1) is 5.56 Å². The van der Waals surface area contributed by atoms with Gasteiger partial charge in [0.1, 0.15) is 5.82 Å². The Morgan fingerprint density at radius 3 is 2.73 bits per heavy atom. The molecule has 110 valence electrons. The minimum absolute atomic E-state index is 0.223. The molecule has 1 amide bonds. The molecule has 0 bridgehead atoms. The number of Topliss-reactive ketones (excluding diaryl/α,β-unsaturated/α-hetero) is 1. The third-order valence-corrected chi connectivity index (χ3v) is 3.41. The van der Waals surface area contributed by atoms with E-state index >= 15 is 0 Å². The van der Waals surface area contributed by atoms with Gasteiger partial charge in [0.2, 0.25) is 0 Å². The number of aromatic nitrogens is 1. The third-order valence-electron chi connectivity index (χ3n) is 3.18. The van der Waals surface area contributed by atoms with E-state index in [1.807, 2.05) is 0 Å². The summed E-state index contributed by atoms with van der Waals surface area (Å²) in [6, 6.07) is 10.3. The second kappa shape index (κ2) is 5.61. The molecule has 4 nitrogen and oxygen atoms in total. The van der Waals surface area contributed by atoms with Crippen molar-refractivity contribution in [3.63, 3.8) is 0 Å². The molecule has 0 aliphatic carbocycles. The van der Waals surface area contributed by atoms with Gasteiger partial charge in [-0.15, -0.1) is 0 Å². The molecule has 0 fully saturated rings. The summed E-state index contributed by atoms with van der Waals surface area (Å²) >= 11 is 5.87. The summed E-state index contributed by atoms with van der Waals surface area (Å²) in [5.74, 6) is -2.04. The highest BCUT2D eigenvalue weighted by molar-refractivity contribution is 6.48. The zero-order chi connectivity index (χ0) is 15.7. The number of rotatable bonds is 3. The lowest BCUT2D eigenvalue weighted by Gasteiger charge is -2.04. The van der Waals surface area contributed by atoms with Crippen molar-refractivity contribution in [3.8, 4) is 0 Å². The number of nitrogens with one attached hydrogen (secondary N) is 2. The summed E-state index contributed by atoms with van der Waals surface area (Å²) in [5, 5.41) is 3.50. The van der Waals surface area contributed by atoms with Gasteiger partial charge in [0.15, 0.2) is 0 Å². The molecule has 0 saturated carbocycles. The average molecular weight is 317 g/mol. The Morgan fingerprint density at radius 1 is 1.14 bits per heavy atom. The lowest BCUT2D eigenvalue weighted by molar-refractivity contribution is -0.112. The molecular weight excluding hydrogens is 307 g/mol. The van der Waals surface area contributed by atoms with Crippen molar-refractivity contribution < 1.29 is 14.0 Å². The fourth-order valence-electron chi connectivity index (χ4n) is 2.16. The maximum Gasteiger partial charge on any atom is 0.296 e. The van der Waals surface area contributed by atoms with E-state index in [0.717, 1.165) is 6.07 Å². The minimum atomic E-state index is -0.832. The monoisotopic (exact) mass is 316 g/mol. The standard InChI is InChI=1S/C16H10ClFN2O2/c17-9-4-5-12-13(8-19-14(12)6-9)15(21)16(22)20-11-3-1-2-10(18)7-11/h1-8,19H,(H,20,22). The van der Waals surface area contributed by atoms with E-state index in [4.69, 9.17) is 11.6 Å². The molecule has 3 aromatic rings. The van der Waals surface area contributed by atoms with Crippen molar-refractivity contribution in [1.82, 2.24) is 4.98 Å². The second-order valence-electron chi connectivity index (χ2n) is 4.69. The van der Waals surface area contributed by atoms with Gasteiger partial charge in [0.25, 0.3) is 11.7 Å². The van der Waals surface area contributed by atoms with E-state index in [1.54, 1.807) is 18.2 Å². The van der Waals surface area contributed by atoms with Crippen molar-refractivity contribution in [1.29, 1.82) is 0 Å². The topological polar surface area (TPSA) is 62.0 Å². The van der Waals surface area contributed by atoms with Gasteiger partial charge < -0.3 is 10.3 Å². The molecule has 2 aromatic carbocycles. The van der Waals surface area contributed by atoms with Crippen LogP contribution in [0.4, 0.5) is 10.1 Å². The molecule has 3 rings (SSSR count). The van der Waals surface area contributed by atoms with Crippen LogP contribution in [0.25, 0.3) is 10.9 Å². The first-order valence-electron chi connectivity index (χ1n) is 6.42. The largest absolute Gasteiger partial charge is 0.360 e. The number of carbonyl (C=O) groups is 2. The Morgan fingerprint density at radius 2 is 1.95 bits per heavy atom. The molecule has 0 unspecified atom stereocenters. The quantitative estimate of drug-likeness (QED) is 0.570. The van der Waals surface area contributed by atoms with Crippen molar-refractivity contribution in [3.05, 3.63) is 65.1 Å². The number of fused-ring (bicyclic) bond motifs is 1. The summed E-state index contributed by atoms with van der Waals surface area (Å²) < 4.78 is 13.1. The Bertz CT molecular complexity index is 889. The number of hydrogen-bond acceptors (Lipinski definition) is 2. The number of carbonyl (C=O) groups excluding carboxylic acids is 2. The molecule has 0 aliphatic rings. The molecule has 22 heavy (non-hydrogen) atoms. The van der Waals surface area contributed by atoms with Crippen molar-refractivity contribution >= 4 is 39.9 Å². The molecule has 0 atom stereocenters. The SMILES string of the molecule is O=C(Nc1cccc(F)c1)C(=O)c1c[nH]c2cc(Cl)ccc12. The van der Waals surface area contributed by atoms with E-state index in [1.165, 1.54) is 24.4 Å². The zero-order valence-electron chi connectivity index (χ0n) is 11.2. The predicted molar refractivity (Wildman–Crippen MR) is 82.7 cm³/mol. The van der Waals surface area contributed by atoms with Gasteiger partial charge in [-0.1, -0.05) is 23.7 Å². The Hall–Kier alpha value is -2.66. The van der Waals surface area contributed by atoms with Gasteiger partial charge in [-0.05, 0) is 30.3 Å². The first kappa shape index (κ1) is 14.3. The summed E-state index contributed by atoms with van der Waals surface area (Å²) in [6.45, 7) is 0. The van der Waals surface area contributed by atoms with E-state index < -0.39 is 17.5 Å². The molecule has 0 saturated heterocycles.